The second-order valence-corrected chi connectivity index (χ2v) is 14.7. The van der Waals surface area contributed by atoms with Gasteiger partial charge in [0.05, 0.1) is 27.4 Å². The summed E-state index contributed by atoms with van der Waals surface area (Å²) in [6, 6.07) is 20.7. The topological polar surface area (TPSA) is 70.4 Å². The number of carboxylic acid groups (broad SMARTS) is 1. The van der Waals surface area contributed by atoms with E-state index in [-0.39, 0.29) is 17.1 Å². The Balaban J connectivity index is 1.34. The number of thioether (sulfide) groups is 1. The molecule has 214 valence electrons. The Hall–Kier alpha value is -2.35. The van der Waals surface area contributed by atoms with Crippen molar-refractivity contribution in [2.45, 2.75) is 56.8 Å². The van der Waals surface area contributed by atoms with E-state index in [2.05, 4.69) is 47.5 Å². The van der Waals surface area contributed by atoms with Crippen LogP contribution in [0.1, 0.15) is 72.7 Å². The molecule has 0 spiro atoms. The van der Waals surface area contributed by atoms with Crippen molar-refractivity contribution in [2.24, 2.45) is 5.41 Å². The molecule has 1 atom stereocenters. The third kappa shape index (κ3) is 7.74. The predicted octanol–water partition coefficient (Wildman–Crippen LogP) is 9.66. The van der Waals surface area contributed by atoms with Gasteiger partial charge in [0.15, 0.2) is 0 Å². The molecule has 1 aliphatic carbocycles. The number of fused-ring (bicyclic) bond motifs is 1. The molecule has 41 heavy (non-hydrogen) atoms. The molecule has 1 saturated carbocycles. The lowest BCUT2D eigenvalue weighted by atomic mass is 9.95. The summed E-state index contributed by atoms with van der Waals surface area (Å²) in [6.07, 6.45) is 8.07. The highest BCUT2D eigenvalue weighted by Gasteiger charge is 2.44. The van der Waals surface area contributed by atoms with E-state index in [4.69, 9.17) is 23.2 Å². The van der Waals surface area contributed by atoms with Gasteiger partial charge in [-0.2, -0.15) is 11.8 Å². The molecule has 0 radical (unpaired) electrons. The van der Waals surface area contributed by atoms with Crippen molar-refractivity contribution in [3.05, 3.63) is 98.0 Å². The molecule has 8 heteroatoms. The van der Waals surface area contributed by atoms with Crippen molar-refractivity contribution < 1.29 is 15.0 Å². The molecule has 2 aromatic heterocycles. The number of aromatic nitrogens is 1. The molecule has 2 heterocycles. The van der Waals surface area contributed by atoms with E-state index in [0.29, 0.717) is 9.36 Å². The van der Waals surface area contributed by atoms with Crippen molar-refractivity contribution in [1.29, 1.82) is 0 Å². The van der Waals surface area contributed by atoms with Crippen LogP contribution < -0.4 is 0 Å². The highest BCUT2D eigenvalue weighted by molar-refractivity contribution is 7.99. The maximum absolute atomic E-state index is 11.5. The molecule has 0 aliphatic heterocycles. The normalized spacial score (nSPS) is 15.4. The zero-order valence-corrected chi connectivity index (χ0v) is 26.2. The molecule has 4 nitrogen and oxygen atoms in total. The van der Waals surface area contributed by atoms with E-state index in [1.54, 1.807) is 13.8 Å². The van der Waals surface area contributed by atoms with E-state index in [1.165, 1.54) is 22.5 Å². The number of nitrogens with zero attached hydrogens (tertiary/aromatic N) is 1. The van der Waals surface area contributed by atoms with E-state index in [1.807, 2.05) is 42.1 Å². The highest BCUT2D eigenvalue weighted by atomic mass is 35.5. The number of aliphatic hydroxyl groups is 1. The van der Waals surface area contributed by atoms with Crippen LogP contribution in [-0.2, 0) is 16.8 Å². The fraction of sp³-hybridized carbons (Fsp3) is 0.333. The van der Waals surface area contributed by atoms with Gasteiger partial charge >= 0.3 is 5.97 Å². The number of thiophene rings is 1. The van der Waals surface area contributed by atoms with Crippen molar-refractivity contribution in [1.82, 2.24) is 4.98 Å². The summed E-state index contributed by atoms with van der Waals surface area (Å²) in [5.41, 5.74) is 5.02. The van der Waals surface area contributed by atoms with Crippen LogP contribution >= 0.6 is 46.3 Å². The summed E-state index contributed by atoms with van der Waals surface area (Å²) < 4.78 is 1.51. The zero-order valence-electron chi connectivity index (χ0n) is 23.1. The average Bonchev–Trinajstić information content (AvgIpc) is 3.63. The highest BCUT2D eigenvalue weighted by Crippen LogP contribution is 2.53. The lowest BCUT2D eigenvalue weighted by Gasteiger charge is -2.21. The minimum atomic E-state index is -0.863. The van der Waals surface area contributed by atoms with Gasteiger partial charge in [-0.1, -0.05) is 77.8 Å². The number of carbonyl (C=O) groups is 1. The van der Waals surface area contributed by atoms with Gasteiger partial charge in [0.1, 0.15) is 9.85 Å². The van der Waals surface area contributed by atoms with Crippen LogP contribution in [-0.4, -0.2) is 26.9 Å². The third-order valence-electron chi connectivity index (χ3n) is 7.62. The number of hydrogen-bond acceptors (Lipinski definition) is 5. The predicted molar refractivity (Wildman–Crippen MR) is 174 cm³/mol. The van der Waals surface area contributed by atoms with Crippen molar-refractivity contribution >= 4 is 74.6 Å². The van der Waals surface area contributed by atoms with Gasteiger partial charge in [-0.3, -0.25) is 4.79 Å². The lowest BCUT2D eigenvalue weighted by molar-refractivity contribution is -0.138. The number of rotatable bonds is 12. The first-order chi connectivity index (χ1) is 19.5. The number of pyridine rings is 1. The molecule has 1 aliphatic rings. The fourth-order valence-electron chi connectivity index (χ4n) is 4.94. The van der Waals surface area contributed by atoms with Gasteiger partial charge in [0.2, 0.25) is 0 Å². The molecule has 0 unspecified atom stereocenters. The third-order valence-corrected chi connectivity index (χ3v) is 11.2. The van der Waals surface area contributed by atoms with E-state index < -0.39 is 11.6 Å². The van der Waals surface area contributed by atoms with Gasteiger partial charge in [-0.25, -0.2) is 4.98 Å². The molecular weight excluding hydrogens is 593 g/mol. The molecule has 1 fully saturated rings. The number of benzene rings is 2. The number of carboxylic acids is 1. The fourth-order valence-corrected chi connectivity index (χ4v) is 7.93. The Labute approximate surface area is 259 Å². The summed E-state index contributed by atoms with van der Waals surface area (Å²) in [4.78, 5) is 16.1. The van der Waals surface area contributed by atoms with Crippen molar-refractivity contribution in [3.63, 3.8) is 0 Å². The van der Waals surface area contributed by atoms with E-state index in [0.717, 1.165) is 58.5 Å². The summed E-state index contributed by atoms with van der Waals surface area (Å²) >= 11 is 15.8. The number of halogens is 2. The van der Waals surface area contributed by atoms with Crippen LogP contribution in [0.25, 0.3) is 22.4 Å². The minimum absolute atomic E-state index is 0.0727. The average molecular weight is 627 g/mol. The summed E-state index contributed by atoms with van der Waals surface area (Å²) in [5.74, 6) is 0.131. The Morgan fingerprint density at radius 3 is 2.56 bits per heavy atom. The zero-order chi connectivity index (χ0) is 29.2. The summed E-state index contributed by atoms with van der Waals surface area (Å²) in [5, 5.41) is 20.4. The molecule has 0 saturated heterocycles. The lowest BCUT2D eigenvalue weighted by Crippen LogP contribution is -2.15. The smallest absolute Gasteiger partial charge is 0.303 e. The number of aryl methyl sites for hydroxylation is 1. The van der Waals surface area contributed by atoms with E-state index in [9.17, 15) is 15.0 Å². The van der Waals surface area contributed by atoms with Gasteiger partial charge in [0.25, 0.3) is 0 Å². The van der Waals surface area contributed by atoms with Gasteiger partial charge in [-0.15, -0.1) is 11.3 Å². The van der Waals surface area contributed by atoms with Gasteiger partial charge < -0.3 is 10.2 Å². The first-order valence-corrected chi connectivity index (χ1v) is 16.3. The molecule has 4 aromatic rings. The van der Waals surface area contributed by atoms with Crippen molar-refractivity contribution in [3.8, 4) is 0 Å². The molecule has 5 rings (SSSR count). The first-order valence-electron chi connectivity index (χ1n) is 13.7. The van der Waals surface area contributed by atoms with Crippen LogP contribution in [0.15, 0.2) is 60.7 Å². The maximum Gasteiger partial charge on any atom is 0.303 e. The standard InChI is InChI=1S/C33H33Cl2NO3S2/c1-32(2,39)24-10-6-21(7-11-24)9-14-26(40-20-33(16-17-33)19-28(37)38)23-5-3-4-22(18-23)8-12-25-13-15-27-30(36-25)29(34)31(35)41-27/h3-8,10-13,15,18,26,39H,9,14,16-17,19-20H2,1-2H3,(H,37,38)/b12-8+/t26-/m1/s1. The van der Waals surface area contributed by atoms with Crippen LogP contribution in [0.2, 0.25) is 9.36 Å². The second kappa shape index (κ2) is 12.5. The number of hydrogen-bond donors (Lipinski definition) is 2. The molecule has 0 bridgehead atoms. The van der Waals surface area contributed by atoms with Gasteiger partial charge in [-0.05, 0) is 85.4 Å². The SMILES string of the molecule is CC(C)(O)c1ccc(CC[C@@H](SCC2(CC(=O)O)CC2)c2cccc(/C=C/c3ccc4sc(Cl)c(Cl)c4n3)c2)cc1. The van der Waals surface area contributed by atoms with Crippen molar-refractivity contribution in [2.75, 3.05) is 5.75 Å². The summed E-state index contributed by atoms with van der Waals surface area (Å²) in [6.45, 7) is 3.59. The Bertz CT molecular complexity index is 1570. The Morgan fingerprint density at radius 1 is 1.12 bits per heavy atom. The van der Waals surface area contributed by atoms with Crippen LogP contribution in [0.3, 0.4) is 0 Å². The quantitative estimate of drug-likeness (QED) is 0.164. The largest absolute Gasteiger partial charge is 0.481 e. The number of aliphatic carboxylic acids is 1. The Morgan fingerprint density at radius 2 is 1.88 bits per heavy atom. The molecule has 0 amide bonds. The van der Waals surface area contributed by atoms with Crippen LogP contribution in [0.4, 0.5) is 0 Å². The van der Waals surface area contributed by atoms with Gasteiger partial charge in [0, 0.05) is 11.0 Å². The first kappa shape index (κ1) is 30.1. The monoisotopic (exact) mass is 625 g/mol. The second-order valence-electron chi connectivity index (χ2n) is 11.4. The molecule has 2 N–H and O–H groups in total. The maximum atomic E-state index is 11.5. The Kier molecular flexibility index (Phi) is 9.17. The van der Waals surface area contributed by atoms with Crippen LogP contribution in [0.5, 0.6) is 0 Å². The van der Waals surface area contributed by atoms with Crippen LogP contribution in [0, 0.1) is 5.41 Å². The summed E-state index contributed by atoms with van der Waals surface area (Å²) in [7, 11) is 0. The molecular formula is C33H33Cl2NO3S2. The minimum Gasteiger partial charge on any atom is -0.481 e. The molecule has 2 aromatic carbocycles. The van der Waals surface area contributed by atoms with E-state index >= 15 is 0 Å².